The average Bonchev–Trinajstić information content (AvgIpc) is 1.99. The third kappa shape index (κ3) is 1.60. The molecule has 0 aromatic heterocycles. The summed E-state index contributed by atoms with van der Waals surface area (Å²) in [6.45, 7) is 2.27. The molecule has 0 atom stereocenters. The third-order valence-electron chi connectivity index (χ3n) is 1.63. The molecular weight excluding hydrogens is 209 g/mol. The Morgan fingerprint density at radius 2 is 2.18 bits per heavy atom. The van der Waals surface area contributed by atoms with Crippen molar-refractivity contribution in [2.75, 3.05) is 0 Å². The number of benzene rings is 1. The van der Waals surface area contributed by atoms with E-state index < -0.39 is 0 Å². The fourth-order valence-electron chi connectivity index (χ4n) is 0.940. The fraction of sp³-hybridized carbons (Fsp3) is 0.250. The van der Waals surface area contributed by atoms with E-state index in [0.29, 0.717) is 11.0 Å². The van der Waals surface area contributed by atoms with Gasteiger partial charge in [-0.1, -0.05) is 6.07 Å². The van der Waals surface area contributed by atoms with Gasteiger partial charge < -0.3 is 5.73 Å². The first kappa shape index (κ1) is 8.68. The van der Waals surface area contributed by atoms with Crippen LogP contribution in [0.15, 0.2) is 16.6 Å². The standard InChI is InChI=1S/C8H9BrFN/c1-5-2-3-7(10)8(9)6(5)4-11/h2-3H,4,11H2,1H3. The minimum atomic E-state index is -0.254. The lowest BCUT2D eigenvalue weighted by atomic mass is 10.1. The van der Waals surface area contributed by atoms with Gasteiger partial charge in [-0.2, -0.15) is 0 Å². The lowest BCUT2D eigenvalue weighted by Crippen LogP contribution is -2.01. The van der Waals surface area contributed by atoms with E-state index in [4.69, 9.17) is 5.73 Å². The molecule has 0 unspecified atom stereocenters. The molecule has 2 N–H and O–H groups in total. The molecule has 0 heterocycles. The summed E-state index contributed by atoms with van der Waals surface area (Å²) >= 11 is 3.14. The zero-order valence-electron chi connectivity index (χ0n) is 6.20. The maximum atomic E-state index is 12.8. The van der Waals surface area contributed by atoms with Gasteiger partial charge in [0.1, 0.15) is 5.82 Å². The highest BCUT2D eigenvalue weighted by molar-refractivity contribution is 9.10. The summed E-state index contributed by atoms with van der Waals surface area (Å²) in [4.78, 5) is 0. The summed E-state index contributed by atoms with van der Waals surface area (Å²) in [7, 11) is 0. The van der Waals surface area contributed by atoms with Crippen molar-refractivity contribution in [1.82, 2.24) is 0 Å². The van der Waals surface area contributed by atoms with E-state index in [-0.39, 0.29) is 5.82 Å². The normalized spacial score (nSPS) is 10.2. The van der Waals surface area contributed by atoms with Gasteiger partial charge >= 0.3 is 0 Å². The van der Waals surface area contributed by atoms with Gasteiger partial charge in [-0.05, 0) is 40.0 Å². The Morgan fingerprint density at radius 3 is 2.64 bits per heavy atom. The number of aryl methyl sites for hydroxylation is 1. The second-order valence-corrected chi connectivity index (χ2v) is 3.15. The van der Waals surface area contributed by atoms with Crippen LogP contribution in [0, 0.1) is 12.7 Å². The van der Waals surface area contributed by atoms with Crippen molar-refractivity contribution in [1.29, 1.82) is 0 Å². The zero-order chi connectivity index (χ0) is 8.43. The lowest BCUT2D eigenvalue weighted by molar-refractivity contribution is 0.617. The van der Waals surface area contributed by atoms with Gasteiger partial charge in [0.15, 0.2) is 0 Å². The molecule has 1 rings (SSSR count). The van der Waals surface area contributed by atoms with Crippen LogP contribution in [0.2, 0.25) is 0 Å². The molecule has 3 heteroatoms. The quantitative estimate of drug-likeness (QED) is 0.769. The van der Waals surface area contributed by atoms with Crippen LogP contribution in [0.4, 0.5) is 4.39 Å². The van der Waals surface area contributed by atoms with Crippen LogP contribution < -0.4 is 5.73 Å². The lowest BCUT2D eigenvalue weighted by Gasteiger charge is -2.05. The number of nitrogens with two attached hydrogens (primary N) is 1. The number of hydrogen-bond acceptors (Lipinski definition) is 1. The predicted molar refractivity (Wildman–Crippen MR) is 46.7 cm³/mol. The molecule has 1 aromatic carbocycles. The Kier molecular flexibility index (Phi) is 2.62. The third-order valence-corrected chi connectivity index (χ3v) is 2.49. The monoisotopic (exact) mass is 217 g/mol. The van der Waals surface area contributed by atoms with Crippen LogP contribution in [-0.4, -0.2) is 0 Å². The molecule has 1 aromatic rings. The van der Waals surface area contributed by atoms with Crippen LogP contribution in [0.25, 0.3) is 0 Å². The molecule has 0 amide bonds. The van der Waals surface area contributed by atoms with Gasteiger partial charge in [-0.15, -0.1) is 0 Å². The number of rotatable bonds is 1. The molecule has 0 aliphatic rings. The van der Waals surface area contributed by atoms with Gasteiger partial charge in [0.05, 0.1) is 4.47 Å². The molecule has 0 saturated carbocycles. The molecule has 0 fully saturated rings. The van der Waals surface area contributed by atoms with Crippen LogP contribution in [0.5, 0.6) is 0 Å². The number of halogens is 2. The summed E-state index contributed by atoms with van der Waals surface area (Å²) in [5.41, 5.74) is 7.28. The smallest absolute Gasteiger partial charge is 0.137 e. The second kappa shape index (κ2) is 3.32. The summed E-state index contributed by atoms with van der Waals surface area (Å²) in [6, 6.07) is 3.15. The van der Waals surface area contributed by atoms with Crippen molar-refractivity contribution in [2.24, 2.45) is 5.73 Å². The van der Waals surface area contributed by atoms with Gasteiger partial charge in [0.25, 0.3) is 0 Å². The molecule has 0 radical (unpaired) electrons. The first-order valence-corrected chi connectivity index (χ1v) is 4.09. The summed E-state index contributed by atoms with van der Waals surface area (Å²) in [5.74, 6) is -0.254. The van der Waals surface area contributed by atoms with Gasteiger partial charge in [0, 0.05) is 6.54 Å². The van der Waals surface area contributed by atoms with E-state index in [0.717, 1.165) is 11.1 Å². The Balaban J connectivity index is 3.29. The van der Waals surface area contributed by atoms with Gasteiger partial charge in [-0.25, -0.2) is 4.39 Å². The van der Waals surface area contributed by atoms with E-state index in [1.165, 1.54) is 6.07 Å². The van der Waals surface area contributed by atoms with Crippen LogP contribution >= 0.6 is 15.9 Å². The molecule has 60 valence electrons. The number of hydrogen-bond donors (Lipinski definition) is 1. The van der Waals surface area contributed by atoms with Gasteiger partial charge in [-0.3, -0.25) is 0 Å². The maximum Gasteiger partial charge on any atom is 0.137 e. The minimum absolute atomic E-state index is 0.254. The largest absolute Gasteiger partial charge is 0.326 e. The SMILES string of the molecule is Cc1ccc(F)c(Br)c1CN. The minimum Gasteiger partial charge on any atom is -0.326 e. The van der Waals surface area contributed by atoms with Crippen LogP contribution in [-0.2, 0) is 6.54 Å². The Hall–Kier alpha value is -0.410. The van der Waals surface area contributed by atoms with E-state index >= 15 is 0 Å². The van der Waals surface area contributed by atoms with Gasteiger partial charge in [0.2, 0.25) is 0 Å². The predicted octanol–water partition coefficient (Wildman–Crippen LogP) is 2.36. The highest BCUT2D eigenvalue weighted by Crippen LogP contribution is 2.22. The topological polar surface area (TPSA) is 26.0 Å². The highest BCUT2D eigenvalue weighted by atomic mass is 79.9. The fourth-order valence-corrected chi connectivity index (χ4v) is 1.55. The molecule has 0 aliphatic heterocycles. The van der Waals surface area contributed by atoms with Crippen molar-refractivity contribution in [3.8, 4) is 0 Å². The van der Waals surface area contributed by atoms with Crippen molar-refractivity contribution in [2.45, 2.75) is 13.5 Å². The molecular formula is C8H9BrFN. The summed E-state index contributed by atoms with van der Waals surface area (Å²) in [5, 5.41) is 0. The van der Waals surface area contributed by atoms with Crippen molar-refractivity contribution < 1.29 is 4.39 Å². The maximum absolute atomic E-state index is 12.8. The van der Waals surface area contributed by atoms with E-state index in [1.54, 1.807) is 6.07 Å². The van der Waals surface area contributed by atoms with Crippen molar-refractivity contribution in [3.05, 3.63) is 33.5 Å². The first-order chi connectivity index (χ1) is 5.16. The van der Waals surface area contributed by atoms with Crippen LogP contribution in [0.1, 0.15) is 11.1 Å². The zero-order valence-corrected chi connectivity index (χ0v) is 7.78. The Labute approximate surface area is 73.5 Å². The Morgan fingerprint density at radius 1 is 1.55 bits per heavy atom. The average molecular weight is 218 g/mol. The summed E-state index contributed by atoms with van der Waals surface area (Å²) < 4.78 is 13.3. The first-order valence-electron chi connectivity index (χ1n) is 3.30. The van der Waals surface area contributed by atoms with E-state index in [1.807, 2.05) is 6.92 Å². The highest BCUT2D eigenvalue weighted by Gasteiger charge is 2.05. The molecule has 1 nitrogen and oxygen atoms in total. The van der Waals surface area contributed by atoms with E-state index in [9.17, 15) is 4.39 Å². The van der Waals surface area contributed by atoms with E-state index in [2.05, 4.69) is 15.9 Å². The molecule has 11 heavy (non-hydrogen) atoms. The molecule has 0 spiro atoms. The van der Waals surface area contributed by atoms with Crippen LogP contribution in [0.3, 0.4) is 0 Å². The molecule has 0 aliphatic carbocycles. The molecule has 0 saturated heterocycles. The molecule has 0 bridgehead atoms. The Bertz CT molecular complexity index is 273. The van der Waals surface area contributed by atoms with Crippen molar-refractivity contribution >= 4 is 15.9 Å². The van der Waals surface area contributed by atoms with Crippen molar-refractivity contribution in [3.63, 3.8) is 0 Å². The second-order valence-electron chi connectivity index (χ2n) is 2.36. The summed E-state index contributed by atoms with van der Waals surface area (Å²) in [6.07, 6.45) is 0.